The molecule has 0 fully saturated rings. The van der Waals surface area contributed by atoms with E-state index in [9.17, 15) is 20.1 Å². The summed E-state index contributed by atoms with van der Waals surface area (Å²) >= 11 is 0. The number of carbonyl (C=O) groups excluding carboxylic acids is 2. The van der Waals surface area contributed by atoms with Gasteiger partial charge in [-0.25, -0.2) is 4.79 Å². The Hall–Kier alpha value is -3.38. The SMILES string of the molecule is C=CCC(C(=O)OCC)C(CCCOC(=O)c1ccccc1)=C(C#N)C#N. The summed E-state index contributed by atoms with van der Waals surface area (Å²) in [6.45, 7) is 5.61. The number of allylic oxidation sites excluding steroid dienone is 2. The zero-order valence-corrected chi connectivity index (χ0v) is 15.3. The van der Waals surface area contributed by atoms with Crippen molar-refractivity contribution in [1.82, 2.24) is 0 Å². The summed E-state index contributed by atoms with van der Waals surface area (Å²) in [4.78, 5) is 24.2. The molecule has 0 saturated heterocycles. The monoisotopic (exact) mass is 366 g/mol. The molecule has 0 aromatic heterocycles. The van der Waals surface area contributed by atoms with Crippen LogP contribution in [0.1, 0.15) is 36.5 Å². The lowest BCUT2D eigenvalue weighted by atomic mass is 9.88. The molecule has 0 bridgehead atoms. The second kappa shape index (κ2) is 12.1. The van der Waals surface area contributed by atoms with Gasteiger partial charge in [0.2, 0.25) is 0 Å². The second-order valence-electron chi connectivity index (χ2n) is 5.56. The van der Waals surface area contributed by atoms with E-state index in [-0.39, 0.29) is 31.6 Å². The average molecular weight is 366 g/mol. The van der Waals surface area contributed by atoms with Gasteiger partial charge in [-0.2, -0.15) is 10.5 Å². The third-order valence-corrected chi connectivity index (χ3v) is 3.77. The maximum Gasteiger partial charge on any atom is 0.338 e. The van der Waals surface area contributed by atoms with Crippen molar-refractivity contribution in [1.29, 1.82) is 10.5 Å². The molecule has 1 rings (SSSR count). The van der Waals surface area contributed by atoms with Crippen LogP contribution in [0.25, 0.3) is 0 Å². The Morgan fingerprint density at radius 2 is 1.85 bits per heavy atom. The lowest BCUT2D eigenvalue weighted by Crippen LogP contribution is -2.21. The number of hydrogen-bond donors (Lipinski definition) is 0. The van der Waals surface area contributed by atoms with Crippen molar-refractivity contribution in [2.45, 2.75) is 26.2 Å². The maximum absolute atomic E-state index is 12.2. The fraction of sp³-hybridized carbons (Fsp3) is 0.333. The van der Waals surface area contributed by atoms with Crippen LogP contribution in [-0.4, -0.2) is 25.2 Å². The molecule has 6 nitrogen and oxygen atoms in total. The van der Waals surface area contributed by atoms with E-state index in [4.69, 9.17) is 9.47 Å². The van der Waals surface area contributed by atoms with Crippen molar-refractivity contribution in [2.24, 2.45) is 5.92 Å². The van der Waals surface area contributed by atoms with Gasteiger partial charge in [-0.05, 0) is 43.9 Å². The van der Waals surface area contributed by atoms with Crippen molar-refractivity contribution < 1.29 is 19.1 Å². The van der Waals surface area contributed by atoms with Gasteiger partial charge in [0.1, 0.15) is 17.7 Å². The Bertz CT molecular complexity index is 754. The minimum absolute atomic E-state index is 0.102. The van der Waals surface area contributed by atoms with Crippen molar-refractivity contribution in [3.8, 4) is 12.1 Å². The molecule has 1 aromatic rings. The first-order valence-corrected chi connectivity index (χ1v) is 8.61. The van der Waals surface area contributed by atoms with Crippen LogP contribution in [0.2, 0.25) is 0 Å². The first-order chi connectivity index (χ1) is 13.1. The van der Waals surface area contributed by atoms with E-state index in [1.807, 2.05) is 12.1 Å². The minimum Gasteiger partial charge on any atom is -0.466 e. The summed E-state index contributed by atoms with van der Waals surface area (Å²) in [5, 5.41) is 18.4. The zero-order valence-electron chi connectivity index (χ0n) is 15.3. The van der Waals surface area contributed by atoms with E-state index < -0.39 is 17.9 Å². The lowest BCUT2D eigenvalue weighted by molar-refractivity contribution is -0.146. The van der Waals surface area contributed by atoms with Gasteiger partial charge in [-0.1, -0.05) is 24.3 Å². The van der Waals surface area contributed by atoms with Crippen molar-refractivity contribution in [3.05, 3.63) is 59.7 Å². The third-order valence-electron chi connectivity index (χ3n) is 3.77. The molecule has 140 valence electrons. The maximum atomic E-state index is 12.2. The van der Waals surface area contributed by atoms with E-state index in [0.717, 1.165) is 0 Å². The van der Waals surface area contributed by atoms with Crippen LogP contribution in [0.3, 0.4) is 0 Å². The quantitative estimate of drug-likeness (QED) is 0.271. The number of nitrogens with zero attached hydrogens (tertiary/aromatic N) is 2. The molecule has 0 aliphatic carbocycles. The molecule has 1 unspecified atom stereocenters. The first kappa shape index (κ1) is 21.7. The van der Waals surface area contributed by atoms with E-state index in [2.05, 4.69) is 6.58 Å². The van der Waals surface area contributed by atoms with Gasteiger partial charge >= 0.3 is 11.9 Å². The van der Waals surface area contributed by atoms with Gasteiger partial charge in [0.05, 0.1) is 24.7 Å². The molecule has 27 heavy (non-hydrogen) atoms. The Morgan fingerprint density at radius 3 is 2.41 bits per heavy atom. The fourth-order valence-electron chi connectivity index (χ4n) is 2.52. The highest BCUT2D eigenvalue weighted by Gasteiger charge is 2.26. The molecule has 0 saturated carbocycles. The van der Waals surface area contributed by atoms with Gasteiger partial charge < -0.3 is 9.47 Å². The third kappa shape index (κ3) is 6.80. The number of esters is 2. The Balaban J connectivity index is 2.81. The van der Waals surface area contributed by atoms with Crippen LogP contribution in [0.15, 0.2) is 54.1 Å². The molecular formula is C21H22N2O4. The number of ether oxygens (including phenoxy) is 2. The predicted octanol–water partition coefficient (Wildman–Crippen LogP) is 3.72. The van der Waals surface area contributed by atoms with Crippen LogP contribution in [-0.2, 0) is 14.3 Å². The van der Waals surface area contributed by atoms with Crippen LogP contribution in [0.5, 0.6) is 0 Å². The summed E-state index contributed by atoms with van der Waals surface area (Å²) in [6.07, 6.45) is 2.43. The Labute approximate surface area is 159 Å². The molecule has 0 N–H and O–H groups in total. The van der Waals surface area contributed by atoms with E-state index in [0.29, 0.717) is 17.6 Å². The molecule has 6 heteroatoms. The molecule has 0 spiro atoms. The number of carbonyl (C=O) groups is 2. The summed E-state index contributed by atoms with van der Waals surface area (Å²) in [7, 11) is 0. The predicted molar refractivity (Wildman–Crippen MR) is 99.1 cm³/mol. The fourth-order valence-corrected chi connectivity index (χ4v) is 2.52. The van der Waals surface area contributed by atoms with E-state index in [1.54, 1.807) is 43.3 Å². The minimum atomic E-state index is -0.749. The number of hydrogen-bond acceptors (Lipinski definition) is 6. The Kier molecular flexibility index (Phi) is 9.67. The molecule has 0 aliphatic rings. The van der Waals surface area contributed by atoms with E-state index in [1.165, 1.54) is 0 Å². The highest BCUT2D eigenvalue weighted by molar-refractivity contribution is 5.89. The molecule has 1 atom stereocenters. The lowest BCUT2D eigenvalue weighted by Gasteiger charge is -2.18. The molecule has 0 heterocycles. The molecule has 0 aliphatic heterocycles. The normalized spacial score (nSPS) is 10.6. The van der Waals surface area contributed by atoms with E-state index >= 15 is 0 Å². The highest BCUT2D eigenvalue weighted by atomic mass is 16.5. The zero-order chi connectivity index (χ0) is 20.1. The van der Waals surface area contributed by atoms with Crippen LogP contribution < -0.4 is 0 Å². The summed E-state index contributed by atoms with van der Waals surface area (Å²) in [6, 6.07) is 12.2. The molecule has 0 amide bonds. The number of nitriles is 2. The smallest absolute Gasteiger partial charge is 0.338 e. The largest absolute Gasteiger partial charge is 0.466 e. The summed E-state index contributed by atoms with van der Waals surface area (Å²) < 4.78 is 10.3. The van der Waals surface area contributed by atoms with Crippen molar-refractivity contribution in [2.75, 3.05) is 13.2 Å². The van der Waals surface area contributed by atoms with Crippen molar-refractivity contribution in [3.63, 3.8) is 0 Å². The van der Waals surface area contributed by atoms with Gasteiger partial charge in [-0.15, -0.1) is 6.58 Å². The van der Waals surface area contributed by atoms with Gasteiger partial charge in [0, 0.05) is 0 Å². The first-order valence-electron chi connectivity index (χ1n) is 8.61. The molecule has 0 radical (unpaired) electrons. The molecular weight excluding hydrogens is 344 g/mol. The van der Waals surface area contributed by atoms with Crippen molar-refractivity contribution >= 4 is 11.9 Å². The van der Waals surface area contributed by atoms with Crippen LogP contribution >= 0.6 is 0 Å². The highest BCUT2D eigenvalue weighted by Crippen LogP contribution is 2.26. The standard InChI is InChI=1S/C21H22N2O4/c1-3-9-19(21(25)26-4-2)18(17(14-22)15-23)12-8-13-27-20(24)16-10-6-5-7-11-16/h3,5-7,10-11,19H,1,4,8-9,12-13H2,2H3. The van der Waals surface area contributed by atoms with Gasteiger partial charge in [0.25, 0.3) is 0 Å². The Morgan fingerprint density at radius 1 is 1.19 bits per heavy atom. The van der Waals surface area contributed by atoms with Crippen LogP contribution in [0, 0.1) is 28.6 Å². The van der Waals surface area contributed by atoms with Gasteiger partial charge in [-0.3, -0.25) is 4.79 Å². The summed E-state index contributed by atoms with van der Waals surface area (Å²) in [5.74, 6) is -1.70. The van der Waals surface area contributed by atoms with Crippen LogP contribution in [0.4, 0.5) is 0 Å². The second-order valence-corrected chi connectivity index (χ2v) is 5.56. The topological polar surface area (TPSA) is 100 Å². The molecule has 1 aromatic carbocycles. The number of rotatable bonds is 10. The number of benzene rings is 1. The summed E-state index contributed by atoms with van der Waals surface area (Å²) in [5.41, 5.74) is 0.706. The average Bonchev–Trinajstić information content (AvgIpc) is 2.69. The van der Waals surface area contributed by atoms with Gasteiger partial charge in [0.15, 0.2) is 0 Å².